The van der Waals surface area contributed by atoms with Crippen LogP contribution in [0.5, 0.6) is 0 Å². The van der Waals surface area contributed by atoms with Crippen molar-refractivity contribution >= 4 is 57.0 Å². The van der Waals surface area contributed by atoms with Crippen molar-refractivity contribution in [1.29, 1.82) is 0 Å². The summed E-state index contributed by atoms with van der Waals surface area (Å²) in [5.74, 6) is 0.257. The van der Waals surface area contributed by atoms with Gasteiger partial charge >= 0.3 is 6.09 Å². The van der Waals surface area contributed by atoms with Gasteiger partial charge in [-0.1, -0.05) is 66.4 Å². The molecule has 2 atom stereocenters. The Hall–Kier alpha value is -5.42. The highest BCUT2D eigenvalue weighted by Crippen LogP contribution is 2.42. The molecule has 2 aliphatic rings. The van der Waals surface area contributed by atoms with Crippen LogP contribution in [-0.2, 0) is 27.5 Å². The SMILES string of the molecule is O=C(Nc1ccc(C2SC(=Nc3cccc4ccncc34)N(Cc3ccco3)C2=O)cc1)[C@@H]1CCCN1C(=O)OCc1ccccc1. The summed E-state index contributed by atoms with van der Waals surface area (Å²) in [6, 6.07) is 27.4. The van der Waals surface area contributed by atoms with Gasteiger partial charge in [0.2, 0.25) is 11.8 Å². The predicted octanol–water partition coefficient (Wildman–Crippen LogP) is 7.07. The van der Waals surface area contributed by atoms with Crippen LogP contribution >= 0.6 is 11.8 Å². The molecule has 3 aromatic carbocycles. The highest BCUT2D eigenvalue weighted by Gasteiger charge is 2.40. The van der Waals surface area contributed by atoms with Crippen LogP contribution < -0.4 is 5.32 Å². The van der Waals surface area contributed by atoms with E-state index in [-0.39, 0.29) is 25.0 Å². The number of pyridine rings is 1. The van der Waals surface area contributed by atoms with Crippen LogP contribution in [0.1, 0.15) is 35.0 Å². The van der Waals surface area contributed by atoms with Crippen molar-refractivity contribution in [3.63, 3.8) is 0 Å². The van der Waals surface area contributed by atoms with E-state index in [1.54, 1.807) is 41.8 Å². The van der Waals surface area contributed by atoms with Crippen molar-refractivity contribution in [1.82, 2.24) is 14.8 Å². The zero-order valence-corrected chi connectivity index (χ0v) is 26.1. The first kappa shape index (κ1) is 30.2. The monoisotopic (exact) mass is 645 g/mol. The summed E-state index contributed by atoms with van der Waals surface area (Å²) in [6.07, 6.45) is 5.86. The van der Waals surface area contributed by atoms with Crippen LogP contribution in [0.4, 0.5) is 16.2 Å². The second-order valence-electron chi connectivity index (χ2n) is 11.3. The summed E-state index contributed by atoms with van der Waals surface area (Å²) >= 11 is 1.37. The molecule has 2 aliphatic heterocycles. The third-order valence-corrected chi connectivity index (χ3v) is 9.42. The van der Waals surface area contributed by atoms with Gasteiger partial charge in [-0.25, -0.2) is 9.79 Å². The van der Waals surface area contributed by atoms with Gasteiger partial charge in [0.15, 0.2) is 5.17 Å². The molecule has 2 saturated heterocycles. The summed E-state index contributed by atoms with van der Waals surface area (Å²) in [6.45, 7) is 0.852. The number of thioether (sulfide) groups is 1. The number of amidine groups is 1. The van der Waals surface area contributed by atoms with Crippen molar-refractivity contribution in [2.45, 2.75) is 37.3 Å². The number of benzene rings is 3. The molecule has 0 radical (unpaired) electrons. The lowest BCUT2D eigenvalue weighted by Crippen LogP contribution is -2.43. The number of nitrogens with zero attached hydrogens (tertiary/aromatic N) is 4. The van der Waals surface area contributed by atoms with Gasteiger partial charge < -0.3 is 14.5 Å². The number of ether oxygens (including phenoxy) is 1. The molecular weight excluding hydrogens is 614 g/mol. The Bertz CT molecular complexity index is 1930. The quantitative estimate of drug-likeness (QED) is 0.192. The first-order chi connectivity index (χ1) is 23.0. The Morgan fingerprint density at radius 3 is 2.66 bits per heavy atom. The van der Waals surface area contributed by atoms with E-state index in [4.69, 9.17) is 14.1 Å². The molecule has 236 valence electrons. The molecule has 3 amide bonds. The molecule has 0 saturated carbocycles. The molecule has 4 heterocycles. The van der Waals surface area contributed by atoms with Crippen LogP contribution in [0.2, 0.25) is 0 Å². The first-order valence-corrected chi connectivity index (χ1v) is 16.2. The highest BCUT2D eigenvalue weighted by atomic mass is 32.2. The second-order valence-corrected chi connectivity index (χ2v) is 12.3. The smallest absolute Gasteiger partial charge is 0.410 e. The fraction of sp³-hybridized carbons (Fsp3) is 0.194. The largest absolute Gasteiger partial charge is 0.467 e. The average Bonchev–Trinajstić information content (AvgIpc) is 3.87. The summed E-state index contributed by atoms with van der Waals surface area (Å²) in [5, 5.41) is 4.86. The van der Waals surface area contributed by atoms with Crippen molar-refractivity contribution in [3.8, 4) is 0 Å². The minimum Gasteiger partial charge on any atom is -0.467 e. The lowest BCUT2D eigenvalue weighted by atomic mass is 10.1. The highest BCUT2D eigenvalue weighted by molar-refractivity contribution is 8.15. The molecule has 5 aromatic rings. The van der Waals surface area contributed by atoms with Crippen LogP contribution in [-0.4, -0.2) is 50.4 Å². The maximum absolute atomic E-state index is 13.8. The van der Waals surface area contributed by atoms with Gasteiger partial charge in [-0.15, -0.1) is 0 Å². The van der Waals surface area contributed by atoms with E-state index in [9.17, 15) is 14.4 Å². The van der Waals surface area contributed by atoms with Gasteiger partial charge in [-0.3, -0.25) is 24.4 Å². The molecule has 0 bridgehead atoms. The Morgan fingerprint density at radius 2 is 1.85 bits per heavy atom. The molecule has 10 nitrogen and oxygen atoms in total. The number of likely N-dealkylation sites (tertiary alicyclic amines) is 1. The molecule has 7 rings (SSSR count). The van der Waals surface area contributed by atoms with Crippen molar-refractivity contribution in [3.05, 3.63) is 127 Å². The van der Waals surface area contributed by atoms with Crippen molar-refractivity contribution in [2.75, 3.05) is 11.9 Å². The zero-order valence-electron chi connectivity index (χ0n) is 25.3. The number of rotatable bonds is 8. The third kappa shape index (κ3) is 6.61. The van der Waals surface area contributed by atoms with Gasteiger partial charge in [0, 0.05) is 30.0 Å². The summed E-state index contributed by atoms with van der Waals surface area (Å²) in [5.41, 5.74) is 2.95. The lowest BCUT2D eigenvalue weighted by molar-refractivity contribution is -0.126. The van der Waals surface area contributed by atoms with E-state index in [1.807, 2.05) is 72.8 Å². The third-order valence-electron chi connectivity index (χ3n) is 8.19. The van der Waals surface area contributed by atoms with Gasteiger partial charge in [-0.05, 0) is 65.8 Å². The lowest BCUT2D eigenvalue weighted by Gasteiger charge is -2.23. The predicted molar refractivity (Wildman–Crippen MR) is 180 cm³/mol. The van der Waals surface area contributed by atoms with E-state index in [2.05, 4.69) is 10.3 Å². The number of fused-ring (bicyclic) bond motifs is 1. The van der Waals surface area contributed by atoms with Crippen LogP contribution in [0, 0.1) is 0 Å². The van der Waals surface area contributed by atoms with Gasteiger partial charge in [-0.2, -0.15) is 0 Å². The van der Waals surface area contributed by atoms with Gasteiger partial charge in [0.25, 0.3) is 0 Å². The standard InChI is InChI=1S/C36H31N5O5S/c42-33(31-12-5-19-40(31)36(44)46-23-24-7-2-1-3-8-24)38-27-15-13-26(14-16-27)32-34(43)41(22-28-10-6-20-45-28)35(47-32)39-30-11-4-9-25-17-18-37-21-29(25)30/h1-4,6-11,13-18,20-21,31-32H,5,12,19,22-23H2,(H,38,42)/t31-,32?/m0/s1. The van der Waals surface area contributed by atoms with Crippen LogP contribution in [0.3, 0.4) is 0 Å². The second kappa shape index (κ2) is 13.5. The number of hydrogen-bond acceptors (Lipinski definition) is 8. The van der Waals surface area contributed by atoms with Crippen LogP contribution in [0.15, 0.2) is 119 Å². The molecule has 2 fully saturated rings. The van der Waals surface area contributed by atoms with Gasteiger partial charge in [0.05, 0.1) is 18.5 Å². The molecule has 11 heteroatoms. The van der Waals surface area contributed by atoms with E-state index in [1.165, 1.54) is 16.7 Å². The average molecular weight is 646 g/mol. The summed E-state index contributed by atoms with van der Waals surface area (Å²) in [4.78, 5) is 52.2. The van der Waals surface area contributed by atoms with E-state index in [0.717, 1.165) is 27.6 Å². The number of amides is 3. The molecule has 47 heavy (non-hydrogen) atoms. The number of carbonyl (C=O) groups is 3. The van der Waals surface area contributed by atoms with Crippen molar-refractivity contribution in [2.24, 2.45) is 4.99 Å². The molecule has 1 N–H and O–H groups in total. The minimum atomic E-state index is -0.622. The number of nitrogens with one attached hydrogen (secondary N) is 1. The number of aromatic nitrogens is 1. The molecule has 0 aliphatic carbocycles. The zero-order chi connectivity index (χ0) is 32.2. The van der Waals surface area contributed by atoms with E-state index in [0.29, 0.717) is 36.0 Å². The molecular formula is C36H31N5O5S. The summed E-state index contributed by atoms with van der Waals surface area (Å²) < 4.78 is 11.0. The van der Waals surface area contributed by atoms with Crippen molar-refractivity contribution < 1.29 is 23.5 Å². The molecule has 0 spiro atoms. The first-order valence-electron chi connectivity index (χ1n) is 15.3. The number of hydrogen-bond donors (Lipinski definition) is 1. The Labute approximate surface area is 275 Å². The van der Waals surface area contributed by atoms with Crippen LogP contribution in [0.25, 0.3) is 10.8 Å². The maximum Gasteiger partial charge on any atom is 0.410 e. The number of anilines is 1. The minimum absolute atomic E-state index is 0.115. The van der Waals surface area contributed by atoms with Gasteiger partial charge in [0.1, 0.15) is 23.7 Å². The number of aliphatic imine (C=N–C) groups is 1. The summed E-state index contributed by atoms with van der Waals surface area (Å²) in [7, 11) is 0. The van der Waals surface area contributed by atoms with E-state index < -0.39 is 17.4 Å². The number of furan rings is 1. The molecule has 1 unspecified atom stereocenters. The topological polar surface area (TPSA) is 117 Å². The Morgan fingerprint density at radius 1 is 1.00 bits per heavy atom. The maximum atomic E-state index is 13.8. The number of carbonyl (C=O) groups excluding carboxylic acids is 3. The fourth-order valence-electron chi connectivity index (χ4n) is 5.78. The Balaban J connectivity index is 1.05. The Kier molecular flexibility index (Phi) is 8.70. The normalized spacial score (nSPS) is 18.6. The molecule has 2 aromatic heterocycles. The van der Waals surface area contributed by atoms with E-state index >= 15 is 0 Å². The fourth-order valence-corrected chi connectivity index (χ4v) is 6.95.